The van der Waals surface area contributed by atoms with Gasteiger partial charge in [0.2, 0.25) is 0 Å². The lowest BCUT2D eigenvalue weighted by Gasteiger charge is -2.32. The number of amides is 1. The third kappa shape index (κ3) is 4.80. The number of rotatable bonds is 5. The van der Waals surface area contributed by atoms with E-state index in [4.69, 9.17) is 21.3 Å². The molecule has 1 aliphatic rings. The van der Waals surface area contributed by atoms with Crippen LogP contribution in [0.5, 0.6) is 5.75 Å². The maximum atomic E-state index is 12.3. The Balaban J connectivity index is 1.49. The molecule has 1 unspecified atom stereocenters. The molecule has 1 aliphatic heterocycles. The van der Waals surface area contributed by atoms with E-state index in [1.54, 1.807) is 24.3 Å². The van der Waals surface area contributed by atoms with Gasteiger partial charge in [-0.2, -0.15) is 0 Å². The number of nitrogens with one attached hydrogen (secondary N) is 1. The summed E-state index contributed by atoms with van der Waals surface area (Å²) in [4.78, 5) is 19.5. The van der Waals surface area contributed by atoms with Crippen molar-refractivity contribution in [3.05, 3.63) is 59.6 Å². The smallest absolute Gasteiger partial charge is 0.262 e. The molecule has 0 bridgehead atoms. The van der Waals surface area contributed by atoms with Gasteiger partial charge in [-0.25, -0.2) is 4.98 Å². The van der Waals surface area contributed by atoms with Crippen molar-refractivity contribution < 1.29 is 9.53 Å². The number of ether oxygens (including phenoxy) is 1. The SMILES string of the molecule is CC1CCCN(c2ccc3cccc(OCC(=O)Nc4cccc(Cl)c4)c3n2)C1. The highest BCUT2D eigenvalue weighted by atomic mass is 35.5. The van der Waals surface area contributed by atoms with Crippen LogP contribution in [0.25, 0.3) is 10.9 Å². The molecule has 2 aromatic carbocycles. The van der Waals surface area contributed by atoms with Crippen molar-refractivity contribution in [2.45, 2.75) is 19.8 Å². The highest BCUT2D eigenvalue weighted by Crippen LogP contribution is 2.28. The molecule has 0 spiro atoms. The van der Waals surface area contributed by atoms with Crippen molar-refractivity contribution in [2.24, 2.45) is 5.92 Å². The second-order valence-corrected chi connectivity index (χ2v) is 7.97. The number of aromatic nitrogens is 1. The largest absolute Gasteiger partial charge is 0.481 e. The van der Waals surface area contributed by atoms with E-state index in [0.29, 0.717) is 22.4 Å². The molecule has 1 amide bonds. The Bertz CT molecular complexity index is 1020. The number of hydrogen-bond acceptors (Lipinski definition) is 4. The van der Waals surface area contributed by atoms with E-state index in [1.807, 2.05) is 18.2 Å². The third-order valence-electron chi connectivity index (χ3n) is 5.12. The van der Waals surface area contributed by atoms with Crippen molar-refractivity contribution >= 4 is 39.9 Å². The summed E-state index contributed by atoms with van der Waals surface area (Å²) in [5.41, 5.74) is 1.42. The van der Waals surface area contributed by atoms with Gasteiger partial charge in [0.15, 0.2) is 6.61 Å². The molecule has 1 fully saturated rings. The van der Waals surface area contributed by atoms with Crippen molar-refractivity contribution in [1.29, 1.82) is 0 Å². The quantitative estimate of drug-likeness (QED) is 0.633. The van der Waals surface area contributed by atoms with Crippen LogP contribution >= 0.6 is 11.6 Å². The number of piperidine rings is 1. The van der Waals surface area contributed by atoms with Gasteiger partial charge in [-0.1, -0.05) is 36.7 Å². The van der Waals surface area contributed by atoms with Gasteiger partial charge in [0.05, 0.1) is 0 Å². The van der Waals surface area contributed by atoms with Crippen LogP contribution in [0, 0.1) is 5.92 Å². The first kappa shape index (κ1) is 19.5. The monoisotopic (exact) mass is 409 g/mol. The minimum atomic E-state index is -0.245. The van der Waals surface area contributed by atoms with E-state index in [0.717, 1.165) is 29.8 Å². The summed E-state index contributed by atoms with van der Waals surface area (Å²) in [7, 11) is 0. The van der Waals surface area contributed by atoms with Crippen molar-refractivity contribution in [3.63, 3.8) is 0 Å². The maximum Gasteiger partial charge on any atom is 0.262 e. The molecule has 3 aromatic rings. The number of carbonyl (C=O) groups excluding carboxylic acids is 1. The molecular weight excluding hydrogens is 386 g/mol. The van der Waals surface area contributed by atoms with E-state index >= 15 is 0 Å². The van der Waals surface area contributed by atoms with Crippen molar-refractivity contribution in [1.82, 2.24) is 4.98 Å². The predicted molar refractivity (Wildman–Crippen MR) is 118 cm³/mol. The standard InChI is InChI=1S/C23H24ClN3O2/c1-16-5-4-12-27(14-16)21-11-10-17-6-2-9-20(23(17)26-21)29-15-22(28)25-19-8-3-7-18(24)13-19/h2-3,6-11,13,16H,4-5,12,14-15H2,1H3,(H,25,28). The van der Waals surface area contributed by atoms with E-state index in [9.17, 15) is 4.79 Å². The Morgan fingerprint density at radius 1 is 1.24 bits per heavy atom. The van der Waals surface area contributed by atoms with Crippen LogP contribution in [0.1, 0.15) is 19.8 Å². The Hall–Kier alpha value is -2.79. The fraction of sp³-hybridized carbons (Fsp3) is 0.304. The summed E-state index contributed by atoms with van der Waals surface area (Å²) in [6.07, 6.45) is 2.45. The molecule has 150 valence electrons. The number of halogens is 1. The van der Waals surface area contributed by atoms with Gasteiger partial charge in [-0.15, -0.1) is 0 Å². The number of pyridine rings is 1. The first-order valence-electron chi connectivity index (χ1n) is 9.91. The average molecular weight is 410 g/mol. The lowest BCUT2D eigenvalue weighted by Crippen LogP contribution is -2.34. The molecule has 5 nitrogen and oxygen atoms in total. The second-order valence-electron chi connectivity index (χ2n) is 7.54. The van der Waals surface area contributed by atoms with E-state index in [2.05, 4.69) is 29.3 Å². The fourth-order valence-corrected chi connectivity index (χ4v) is 3.90. The molecular formula is C23H24ClN3O2. The highest BCUT2D eigenvalue weighted by Gasteiger charge is 2.18. The van der Waals surface area contributed by atoms with Gasteiger partial charge in [0, 0.05) is 29.2 Å². The number of benzene rings is 2. The first-order valence-corrected chi connectivity index (χ1v) is 10.3. The van der Waals surface area contributed by atoms with Gasteiger partial charge in [0.25, 0.3) is 5.91 Å². The topological polar surface area (TPSA) is 54.5 Å². The Morgan fingerprint density at radius 2 is 2.10 bits per heavy atom. The van der Waals surface area contributed by atoms with Gasteiger partial charge in [-0.05, 0) is 55.2 Å². The normalized spacial score (nSPS) is 16.6. The molecule has 29 heavy (non-hydrogen) atoms. The van der Waals surface area contributed by atoms with Crippen LogP contribution in [0.3, 0.4) is 0 Å². The lowest BCUT2D eigenvalue weighted by molar-refractivity contribution is -0.118. The summed E-state index contributed by atoms with van der Waals surface area (Å²) in [5.74, 6) is 1.99. The zero-order valence-corrected chi connectivity index (χ0v) is 17.2. The highest BCUT2D eigenvalue weighted by molar-refractivity contribution is 6.30. The van der Waals surface area contributed by atoms with E-state index in [1.165, 1.54) is 12.8 Å². The van der Waals surface area contributed by atoms with Crippen molar-refractivity contribution in [3.8, 4) is 5.75 Å². The fourth-order valence-electron chi connectivity index (χ4n) is 3.71. The molecule has 2 heterocycles. The van der Waals surface area contributed by atoms with E-state index < -0.39 is 0 Å². The molecule has 1 saturated heterocycles. The van der Waals surface area contributed by atoms with Crippen LogP contribution in [0.4, 0.5) is 11.5 Å². The van der Waals surface area contributed by atoms with Crippen LogP contribution in [-0.4, -0.2) is 30.6 Å². The summed E-state index contributed by atoms with van der Waals surface area (Å²) >= 11 is 5.96. The zero-order chi connectivity index (χ0) is 20.2. The number of fused-ring (bicyclic) bond motifs is 1. The minimum absolute atomic E-state index is 0.0989. The van der Waals surface area contributed by atoms with Crippen molar-refractivity contribution in [2.75, 3.05) is 29.9 Å². The van der Waals surface area contributed by atoms with Crippen LogP contribution in [0.15, 0.2) is 54.6 Å². The number of hydrogen-bond donors (Lipinski definition) is 1. The van der Waals surface area contributed by atoms with Crippen LogP contribution in [0.2, 0.25) is 5.02 Å². The zero-order valence-electron chi connectivity index (χ0n) is 16.4. The number of nitrogens with zero attached hydrogens (tertiary/aromatic N) is 2. The summed E-state index contributed by atoms with van der Waals surface area (Å²) in [5, 5.41) is 4.36. The summed E-state index contributed by atoms with van der Waals surface area (Å²) < 4.78 is 5.82. The molecule has 0 radical (unpaired) electrons. The molecule has 0 aliphatic carbocycles. The molecule has 1 atom stereocenters. The Morgan fingerprint density at radius 3 is 2.93 bits per heavy atom. The van der Waals surface area contributed by atoms with Gasteiger partial charge in [-0.3, -0.25) is 4.79 Å². The maximum absolute atomic E-state index is 12.3. The lowest BCUT2D eigenvalue weighted by atomic mass is 10.0. The predicted octanol–water partition coefficient (Wildman–Crippen LogP) is 5.14. The summed E-state index contributed by atoms with van der Waals surface area (Å²) in [6.45, 7) is 4.22. The number of anilines is 2. The van der Waals surface area contributed by atoms with Gasteiger partial charge in [0.1, 0.15) is 17.1 Å². The van der Waals surface area contributed by atoms with Crippen LogP contribution in [-0.2, 0) is 4.79 Å². The third-order valence-corrected chi connectivity index (χ3v) is 5.35. The minimum Gasteiger partial charge on any atom is -0.481 e. The molecule has 1 aromatic heterocycles. The molecule has 1 N–H and O–H groups in total. The van der Waals surface area contributed by atoms with Crippen LogP contribution < -0.4 is 15.0 Å². The first-order chi connectivity index (χ1) is 14.1. The molecule has 0 saturated carbocycles. The summed E-state index contributed by atoms with van der Waals surface area (Å²) in [6, 6.07) is 16.9. The Labute approximate surface area is 175 Å². The second kappa shape index (κ2) is 8.70. The molecule has 6 heteroatoms. The van der Waals surface area contributed by atoms with Gasteiger partial charge >= 0.3 is 0 Å². The Kier molecular flexibility index (Phi) is 5.86. The average Bonchev–Trinajstić information content (AvgIpc) is 2.72. The van der Waals surface area contributed by atoms with E-state index in [-0.39, 0.29) is 12.5 Å². The molecule has 4 rings (SSSR count). The van der Waals surface area contributed by atoms with Gasteiger partial charge < -0.3 is 15.0 Å². The number of carbonyl (C=O) groups is 1. The number of para-hydroxylation sites is 1.